The molecule has 0 heterocycles. The summed E-state index contributed by atoms with van der Waals surface area (Å²) in [6, 6.07) is 3.12. The van der Waals surface area contributed by atoms with Gasteiger partial charge in [0, 0.05) is 25.2 Å². The molecule has 94 valence electrons. The van der Waals surface area contributed by atoms with Gasteiger partial charge in [0.15, 0.2) is 0 Å². The Hall–Kier alpha value is -0.590. The van der Waals surface area contributed by atoms with Crippen LogP contribution in [0.15, 0.2) is 0 Å². The first kappa shape index (κ1) is 15.4. The first-order valence-electron chi connectivity index (χ1n) is 6.26. The fourth-order valence-corrected chi connectivity index (χ4v) is 1.73. The Labute approximate surface area is 101 Å². The molecule has 0 aromatic heterocycles. The highest BCUT2D eigenvalue weighted by Crippen LogP contribution is 2.05. The van der Waals surface area contributed by atoms with Crippen LogP contribution in [0.1, 0.15) is 41.5 Å². The van der Waals surface area contributed by atoms with E-state index >= 15 is 0 Å². The summed E-state index contributed by atoms with van der Waals surface area (Å²) >= 11 is 0. The van der Waals surface area contributed by atoms with Gasteiger partial charge in [0.25, 0.3) is 0 Å². The zero-order chi connectivity index (χ0) is 12.7. The van der Waals surface area contributed by atoms with E-state index < -0.39 is 0 Å². The van der Waals surface area contributed by atoms with E-state index in [0.29, 0.717) is 18.0 Å². The van der Waals surface area contributed by atoms with Crippen molar-refractivity contribution in [1.82, 2.24) is 10.2 Å². The van der Waals surface area contributed by atoms with Gasteiger partial charge in [0.05, 0.1) is 6.07 Å². The van der Waals surface area contributed by atoms with E-state index in [1.54, 1.807) is 0 Å². The predicted molar refractivity (Wildman–Crippen MR) is 69.2 cm³/mol. The monoisotopic (exact) mass is 225 g/mol. The summed E-state index contributed by atoms with van der Waals surface area (Å²) in [5.74, 6) is 0.640. The highest BCUT2D eigenvalue weighted by molar-refractivity contribution is 4.93. The molecule has 3 nitrogen and oxygen atoms in total. The second-order valence-electron chi connectivity index (χ2n) is 5.44. The minimum Gasteiger partial charge on any atom is -0.299 e. The highest BCUT2D eigenvalue weighted by atomic mass is 15.2. The zero-order valence-corrected chi connectivity index (χ0v) is 11.6. The molecule has 0 aromatic carbocycles. The van der Waals surface area contributed by atoms with Crippen LogP contribution in [0.5, 0.6) is 0 Å². The van der Waals surface area contributed by atoms with E-state index in [4.69, 9.17) is 5.26 Å². The van der Waals surface area contributed by atoms with Crippen LogP contribution in [0.25, 0.3) is 0 Å². The van der Waals surface area contributed by atoms with Gasteiger partial charge in [0.1, 0.15) is 6.04 Å². The van der Waals surface area contributed by atoms with Crippen molar-refractivity contribution in [2.75, 3.05) is 13.1 Å². The lowest BCUT2D eigenvalue weighted by atomic mass is 10.1. The van der Waals surface area contributed by atoms with E-state index in [9.17, 15) is 0 Å². The topological polar surface area (TPSA) is 39.1 Å². The molecule has 3 heteroatoms. The SMILES string of the molecule is CC(C)CN(CC(C#N)NC(C)C)C(C)C. The van der Waals surface area contributed by atoms with Gasteiger partial charge in [-0.25, -0.2) is 0 Å². The van der Waals surface area contributed by atoms with E-state index in [1.807, 2.05) is 0 Å². The van der Waals surface area contributed by atoms with Gasteiger partial charge in [-0.3, -0.25) is 10.2 Å². The molecule has 0 saturated carbocycles. The normalized spacial score (nSPS) is 13.8. The van der Waals surface area contributed by atoms with Crippen LogP contribution in [0, 0.1) is 17.2 Å². The van der Waals surface area contributed by atoms with Crippen LogP contribution < -0.4 is 5.32 Å². The van der Waals surface area contributed by atoms with Gasteiger partial charge in [-0.1, -0.05) is 13.8 Å². The van der Waals surface area contributed by atoms with Crippen LogP contribution in [0.4, 0.5) is 0 Å². The maximum absolute atomic E-state index is 9.10. The molecular formula is C13H27N3. The molecule has 0 bridgehead atoms. The molecule has 0 amide bonds. The van der Waals surface area contributed by atoms with Crippen molar-refractivity contribution in [3.8, 4) is 6.07 Å². The molecule has 0 rings (SSSR count). The standard InChI is InChI=1S/C13H27N3/c1-10(2)8-16(12(5)6)9-13(7-14)15-11(3)4/h10-13,15H,8-9H2,1-6H3. The van der Waals surface area contributed by atoms with Crippen LogP contribution >= 0.6 is 0 Å². The molecule has 0 spiro atoms. The van der Waals surface area contributed by atoms with E-state index in [0.717, 1.165) is 13.1 Å². The van der Waals surface area contributed by atoms with Gasteiger partial charge in [-0.15, -0.1) is 0 Å². The number of nitriles is 1. The fourth-order valence-electron chi connectivity index (χ4n) is 1.73. The first-order valence-corrected chi connectivity index (χ1v) is 6.26. The van der Waals surface area contributed by atoms with Crippen molar-refractivity contribution < 1.29 is 0 Å². The Bertz CT molecular complexity index is 216. The maximum Gasteiger partial charge on any atom is 0.108 e. The van der Waals surface area contributed by atoms with Crippen molar-refractivity contribution >= 4 is 0 Å². The number of hydrogen-bond acceptors (Lipinski definition) is 3. The Morgan fingerprint density at radius 1 is 1.06 bits per heavy atom. The third-order valence-electron chi connectivity index (χ3n) is 2.44. The summed E-state index contributed by atoms with van der Waals surface area (Å²) in [5.41, 5.74) is 0. The lowest BCUT2D eigenvalue weighted by Crippen LogP contribution is -2.46. The molecule has 0 aliphatic heterocycles. The van der Waals surface area contributed by atoms with E-state index in [2.05, 4.69) is 57.8 Å². The summed E-state index contributed by atoms with van der Waals surface area (Å²) < 4.78 is 0. The molecule has 0 saturated heterocycles. The predicted octanol–water partition coefficient (Wildman–Crippen LogP) is 2.24. The second kappa shape index (κ2) is 7.65. The minimum absolute atomic E-state index is 0.0684. The zero-order valence-electron chi connectivity index (χ0n) is 11.6. The molecule has 0 aliphatic carbocycles. The molecule has 16 heavy (non-hydrogen) atoms. The minimum atomic E-state index is -0.0684. The molecule has 1 N–H and O–H groups in total. The van der Waals surface area contributed by atoms with Crippen molar-refractivity contribution in [2.45, 2.75) is 59.7 Å². The average molecular weight is 225 g/mol. The van der Waals surface area contributed by atoms with Crippen molar-refractivity contribution in [3.05, 3.63) is 0 Å². The van der Waals surface area contributed by atoms with Crippen molar-refractivity contribution in [1.29, 1.82) is 5.26 Å². The molecule has 0 fully saturated rings. The van der Waals surface area contributed by atoms with Crippen molar-refractivity contribution in [3.63, 3.8) is 0 Å². The molecule has 0 aromatic rings. The average Bonchev–Trinajstić information content (AvgIpc) is 2.13. The number of rotatable bonds is 7. The highest BCUT2D eigenvalue weighted by Gasteiger charge is 2.17. The fraction of sp³-hybridized carbons (Fsp3) is 0.923. The smallest absolute Gasteiger partial charge is 0.108 e. The third kappa shape index (κ3) is 6.81. The summed E-state index contributed by atoms with van der Waals surface area (Å²) in [6.07, 6.45) is 0. The lowest BCUT2D eigenvalue weighted by molar-refractivity contribution is 0.185. The van der Waals surface area contributed by atoms with E-state index in [-0.39, 0.29) is 6.04 Å². The Morgan fingerprint density at radius 3 is 1.94 bits per heavy atom. The van der Waals surface area contributed by atoms with Crippen LogP contribution in [-0.2, 0) is 0 Å². The van der Waals surface area contributed by atoms with Gasteiger partial charge in [-0.05, 0) is 33.6 Å². The van der Waals surface area contributed by atoms with Gasteiger partial charge < -0.3 is 0 Å². The molecule has 0 radical (unpaired) electrons. The largest absolute Gasteiger partial charge is 0.299 e. The molecular weight excluding hydrogens is 198 g/mol. The third-order valence-corrected chi connectivity index (χ3v) is 2.44. The Balaban J connectivity index is 4.30. The summed E-state index contributed by atoms with van der Waals surface area (Å²) in [6.45, 7) is 14.8. The number of nitrogens with one attached hydrogen (secondary N) is 1. The van der Waals surface area contributed by atoms with Gasteiger partial charge >= 0.3 is 0 Å². The van der Waals surface area contributed by atoms with E-state index in [1.165, 1.54) is 0 Å². The quantitative estimate of drug-likeness (QED) is 0.722. The second-order valence-corrected chi connectivity index (χ2v) is 5.44. The molecule has 0 aliphatic rings. The maximum atomic E-state index is 9.10. The summed E-state index contributed by atoms with van der Waals surface area (Å²) in [4.78, 5) is 2.37. The Morgan fingerprint density at radius 2 is 1.62 bits per heavy atom. The summed E-state index contributed by atoms with van der Waals surface area (Å²) in [5, 5.41) is 12.4. The first-order chi connectivity index (χ1) is 7.36. The van der Waals surface area contributed by atoms with Crippen LogP contribution in [0.3, 0.4) is 0 Å². The van der Waals surface area contributed by atoms with Crippen LogP contribution in [0.2, 0.25) is 0 Å². The lowest BCUT2D eigenvalue weighted by Gasteiger charge is -2.30. The molecule has 1 unspecified atom stereocenters. The van der Waals surface area contributed by atoms with Gasteiger partial charge in [0.2, 0.25) is 0 Å². The number of nitrogens with zero attached hydrogens (tertiary/aromatic N) is 2. The van der Waals surface area contributed by atoms with Gasteiger partial charge in [-0.2, -0.15) is 5.26 Å². The summed E-state index contributed by atoms with van der Waals surface area (Å²) in [7, 11) is 0. The van der Waals surface area contributed by atoms with Crippen LogP contribution in [-0.4, -0.2) is 36.1 Å². The molecule has 1 atom stereocenters. The Kier molecular flexibility index (Phi) is 7.36. The number of hydrogen-bond donors (Lipinski definition) is 1. The van der Waals surface area contributed by atoms with Crippen molar-refractivity contribution in [2.24, 2.45) is 5.92 Å².